The van der Waals surface area contributed by atoms with E-state index in [1.807, 2.05) is 0 Å². The number of aliphatic hydroxyl groups excluding tert-OH is 1. The third-order valence-corrected chi connectivity index (χ3v) is 9.91. The molecule has 1 N–H and O–H groups in total. The van der Waals surface area contributed by atoms with Crippen LogP contribution in [0.1, 0.15) is 92.4 Å². The number of hydrogen-bond acceptors (Lipinski definition) is 1. The summed E-state index contributed by atoms with van der Waals surface area (Å²) in [6.45, 7) is 12.2. The van der Waals surface area contributed by atoms with Gasteiger partial charge in [0, 0.05) is 5.41 Å². The Morgan fingerprint density at radius 1 is 1.15 bits per heavy atom. The number of aliphatic hydroxyl groups is 1. The van der Waals surface area contributed by atoms with Crippen molar-refractivity contribution < 1.29 is 5.11 Å². The Kier molecular flexibility index (Phi) is 4.86. The average Bonchev–Trinajstić information content (AvgIpc) is 2.96. The van der Waals surface area contributed by atoms with E-state index in [2.05, 4.69) is 40.7 Å². The molecule has 1 nitrogen and oxygen atoms in total. The van der Waals surface area contributed by atoms with E-state index in [1.54, 1.807) is 5.57 Å². The van der Waals surface area contributed by atoms with E-state index in [4.69, 9.17) is 0 Å². The Morgan fingerprint density at radius 2 is 1.92 bits per heavy atom. The van der Waals surface area contributed by atoms with Crippen LogP contribution in [0.4, 0.5) is 0 Å². The SMILES string of the molecule is CCC[C@@H](C)C1CCC2C3CC[C@@H]4C[C@H](C)CC[C@]4(C)C3=C[C@H](O)[C@@]21C. The smallest absolute Gasteiger partial charge is 0.0782 e. The van der Waals surface area contributed by atoms with Gasteiger partial charge in [0.15, 0.2) is 0 Å². The fourth-order valence-corrected chi connectivity index (χ4v) is 8.36. The van der Waals surface area contributed by atoms with Gasteiger partial charge < -0.3 is 5.11 Å². The van der Waals surface area contributed by atoms with E-state index < -0.39 is 0 Å². The van der Waals surface area contributed by atoms with E-state index in [0.29, 0.717) is 11.3 Å². The van der Waals surface area contributed by atoms with Crippen LogP contribution in [0.5, 0.6) is 0 Å². The summed E-state index contributed by atoms with van der Waals surface area (Å²) < 4.78 is 0. The average molecular weight is 359 g/mol. The molecule has 3 saturated carbocycles. The van der Waals surface area contributed by atoms with E-state index in [-0.39, 0.29) is 11.5 Å². The van der Waals surface area contributed by atoms with Gasteiger partial charge in [-0.1, -0.05) is 59.1 Å². The molecule has 0 heterocycles. The van der Waals surface area contributed by atoms with Crippen molar-refractivity contribution in [2.45, 2.75) is 98.5 Å². The lowest BCUT2D eigenvalue weighted by Gasteiger charge is -2.58. The Morgan fingerprint density at radius 3 is 2.65 bits per heavy atom. The molecule has 0 aromatic rings. The molecule has 0 aliphatic heterocycles. The molecule has 4 aliphatic rings. The van der Waals surface area contributed by atoms with Crippen LogP contribution in [0.3, 0.4) is 0 Å². The zero-order valence-electron chi connectivity index (χ0n) is 17.9. The van der Waals surface area contributed by atoms with Gasteiger partial charge in [-0.2, -0.15) is 0 Å². The molecule has 4 aliphatic carbocycles. The molecule has 26 heavy (non-hydrogen) atoms. The molecule has 0 saturated heterocycles. The molecule has 3 unspecified atom stereocenters. The predicted octanol–water partition coefficient (Wildman–Crippen LogP) is 6.61. The highest BCUT2D eigenvalue weighted by molar-refractivity contribution is 5.31. The molecule has 0 spiro atoms. The number of fused-ring (bicyclic) bond motifs is 5. The lowest BCUT2D eigenvalue weighted by Crippen LogP contribution is -2.53. The third-order valence-electron chi connectivity index (χ3n) is 9.91. The molecule has 4 rings (SSSR count). The van der Waals surface area contributed by atoms with Crippen molar-refractivity contribution in [3.63, 3.8) is 0 Å². The van der Waals surface area contributed by atoms with Crippen LogP contribution >= 0.6 is 0 Å². The molecular formula is C25H42O. The number of hydrogen-bond donors (Lipinski definition) is 1. The quantitative estimate of drug-likeness (QED) is 0.563. The molecule has 0 amide bonds. The van der Waals surface area contributed by atoms with E-state index in [0.717, 1.165) is 29.6 Å². The van der Waals surface area contributed by atoms with E-state index >= 15 is 0 Å². The van der Waals surface area contributed by atoms with Gasteiger partial charge in [-0.3, -0.25) is 0 Å². The predicted molar refractivity (Wildman–Crippen MR) is 110 cm³/mol. The highest BCUT2D eigenvalue weighted by Crippen LogP contribution is 2.66. The van der Waals surface area contributed by atoms with Gasteiger partial charge in [-0.15, -0.1) is 0 Å². The fourth-order valence-electron chi connectivity index (χ4n) is 8.36. The maximum atomic E-state index is 11.4. The van der Waals surface area contributed by atoms with Crippen LogP contribution in [0.25, 0.3) is 0 Å². The van der Waals surface area contributed by atoms with Gasteiger partial charge in [0.25, 0.3) is 0 Å². The summed E-state index contributed by atoms with van der Waals surface area (Å²) in [7, 11) is 0. The van der Waals surface area contributed by atoms with Crippen molar-refractivity contribution >= 4 is 0 Å². The molecule has 0 aromatic carbocycles. The summed E-state index contributed by atoms with van der Waals surface area (Å²) in [5.74, 6) is 4.70. The van der Waals surface area contributed by atoms with E-state index in [1.165, 1.54) is 57.8 Å². The lowest BCUT2D eigenvalue weighted by molar-refractivity contribution is -0.0573. The summed E-state index contributed by atoms with van der Waals surface area (Å²) >= 11 is 0. The van der Waals surface area contributed by atoms with Crippen LogP contribution in [-0.2, 0) is 0 Å². The molecule has 0 aromatic heterocycles. The van der Waals surface area contributed by atoms with Crippen LogP contribution in [-0.4, -0.2) is 11.2 Å². The van der Waals surface area contributed by atoms with Crippen molar-refractivity contribution in [1.29, 1.82) is 0 Å². The lowest BCUT2D eigenvalue weighted by atomic mass is 9.47. The summed E-state index contributed by atoms with van der Waals surface area (Å²) in [4.78, 5) is 0. The zero-order chi connectivity index (χ0) is 18.7. The normalized spacial score (nSPS) is 51.8. The fraction of sp³-hybridized carbons (Fsp3) is 0.920. The van der Waals surface area contributed by atoms with Crippen molar-refractivity contribution in [2.24, 2.45) is 46.3 Å². The van der Waals surface area contributed by atoms with E-state index in [9.17, 15) is 5.11 Å². The first kappa shape index (κ1) is 19.0. The highest BCUT2D eigenvalue weighted by Gasteiger charge is 2.60. The first-order valence-corrected chi connectivity index (χ1v) is 11.7. The topological polar surface area (TPSA) is 20.2 Å². The van der Waals surface area contributed by atoms with Gasteiger partial charge in [0.1, 0.15) is 0 Å². The second-order valence-corrected chi connectivity index (χ2v) is 11.2. The Bertz CT molecular complexity index is 565. The number of rotatable bonds is 3. The highest BCUT2D eigenvalue weighted by atomic mass is 16.3. The Balaban J connectivity index is 1.68. The van der Waals surface area contributed by atoms with Gasteiger partial charge in [-0.05, 0) is 85.9 Å². The zero-order valence-corrected chi connectivity index (χ0v) is 17.9. The minimum atomic E-state index is -0.222. The third kappa shape index (κ3) is 2.59. The van der Waals surface area contributed by atoms with Crippen LogP contribution in [0, 0.1) is 46.3 Å². The minimum Gasteiger partial charge on any atom is -0.388 e. The maximum absolute atomic E-state index is 11.4. The van der Waals surface area contributed by atoms with Gasteiger partial charge in [0.05, 0.1) is 6.10 Å². The summed E-state index contributed by atoms with van der Waals surface area (Å²) in [5.41, 5.74) is 2.19. The van der Waals surface area contributed by atoms with Gasteiger partial charge in [0.2, 0.25) is 0 Å². The van der Waals surface area contributed by atoms with Crippen molar-refractivity contribution in [2.75, 3.05) is 0 Å². The second-order valence-electron chi connectivity index (χ2n) is 11.2. The maximum Gasteiger partial charge on any atom is 0.0782 e. The molecule has 0 radical (unpaired) electrons. The summed E-state index contributed by atoms with van der Waals surface area (Å²) in [6.07, 6.45) is 14.4. The number of allylic oxidation sites excluding steroid dienone is 1. The molecule has 1 heteroatoms. The Hall–Kier alpha value is -0.300. The van der Waals surface area contributed by atoms with Crippen molar-refractivity contribution in [3.05, 3.63) is 11.6 Å². The summed E-state index contributed by atoms with van der Waals surface area (Å²) in [5, 5.41) is 11.4. The Labute approximate surface area is 162 Å². The monoisotopic (exact) mass is 358 g/mol. The summed E-state index contributed by atoms with van der Waals surface area (Å²) in [6, 6.07) is 0. The van der Waals surface area contributed by atoms with Crippen LogP contribution < -0.4 is 0 Å². The molecule has 9 atom stereocenters. The molecule has 3 fully saturated rings. The molecule has 0 bridgehead atoms. The molecule has 148 valence electrons. The largest absolute Gasteiger partial charge is 0.388 e. The first-order valence-electron chi connectivity index (χ1n) is 11.7. The minimum absolute atomic E-state index is 0.119. The van der Waals surface area contributed by atoms with Crippen LogP contribution in [0.15, 0.2) is 11.6 Å². The van der Waals surface area contributed by atoms with Crippen molar-refractivity contribution in [1.82, 2.24) is 0 Å². The second kappa shape index (κ2) is 6.64. The molecular weight excluding hydrogens is 316 g/mol. The van der Waals surface area contributed by atoms with Crippen molar-refractivity contribution in [3.8, 4) is 0 Å². The van der Waals surface area contributed by atoms with Crippen LogP contribution in [0.2, 0.25) is 0 Å². The van der Waals surface area contributed by atoms with Gasteiger partial charge in [-0.25, -0.2) is 0 Å². The first-order chi connectivity index (χ1) is 12.3. The van der Waals surface area contributed by atoms with Gasteiger partial charge >= 0.3 is 0 Å². The standard InChI is InChI=1S/C25H42O/c1-6-7-17(3)20-10-11-21-19-9-8-18-14-16(2)12-13-24(18,4)22(19)15-23(26)25(20,21)5/h15-21,23,26H,6-14H2,1-5H3/t16-,17-,18-,19?,20?,21?,23+,24+,25-/m1/s1.